The lowest BCUT2D eigenvalue weighted by molar-refractivity contribution is 0.0778. The Kier molecular flexibility index (Phi) is 4.50. The number of benzene rings is 2. The molecule has 0 aliphatic carbocycles. The van der Waals surface area contributed by atoms with Crippen molar-refractivity contribution < 1.29 is 9.21 Å². The summed E-state index contributed by atoms with van der Waals surface area (Å²) >= 11 is 0. The minimum absolute atomic E-state index is 0.114. The third-order valence-corrected chi connectivity index (χ3v) is 4.67. The zero-order chi connectivity index (χ0) is 18.8. The molecule has 0 aliphatic rings. The average Bonchev–Trinajstić information content (AvgIpc) is 3.33. The van der Waals surface area contributed by atoms with Crippen LogP contribution in [0.15, 0.2) is 71.3 Å². The smallest absolute Gasteiger partial charge is 0.274 e. The molecule has 0 unspecified atom stereocenters. The number of aromatic nitrogens is 2. The highest BCUT2D eigenvalue weighted by molar-refractivity contribution is 5.92. The van der Waals surface area contributed by atoms with Crippen molar-refractivity contribution in [1.29, 1.82) is 0 Å². The number of carbonyl (C=O) groups is 1. The van der Waals surface area contributed by atoms with E-state index in [-0.39, 0.29) is 5.91 Å². The zero-order valence-corrected chi connectivity index (χ0v) is 15.4. The van der Waals surface area contributed by atoms with E-state index in [2.05, 4.69) is 12.0 Å². The SMILES string of the molecule is CCc1oc2ccccc2c1CN(C)C(=O)c1ccn(-c2ccccc2)n1. The summed E-state index contributed by atoms with van der Waals surface area (Å²) in [6.07, 6.45) is 2.59. The van der Waals surface area contributed by atoms with Gasteiger partial charge in [-0.25, -0.2) is 4.68 Å². The van der Waals surface area contributed by atoms with Gasteiger partial charge in [-0.05, 0) is 24.3 Å². The molecule has 0 N–H and O–H groups in total. The van der Waals surface area contributed by atoms with Crippen molar-refractivity contribution >= 4 is 16.9 Å². The average molecular weight is 359 g/mol. The lowest BCUT2D eigenvalue weighted by Crippen LogP contribution is -2.27. The Morgan fingerprint density at radius 3 is 2.59 bits per heavy atom. The van der Waals surface area contributed by atoms with Crippen molar-refractivity contribution in [2.24, 2.45) is 0 Å². The van der Waals surface area contributed by atoms with Crippen LogP contribution in [-0.4, -0.2) is 27.6 Å². The number of para-hydroxylation sites is 2. The van der Waals surface area contributed by atoms with Gasteiger partial charge in [-0.3, -0.25) is 4.79 Å². The highest BCUT2D eigenvalue weighted by Gasteiger charge is 2.20. The Hall–Kier alpha value is -3.34. The fraction of sp³-hybridized carbons (Fsp3) is 0.182. The van der Waals surface area contributed by atoms with Crippen molar-refractivity contribution in [3.63, 3.8) is 0 Å². The second kappa shape index (κ2) is 7.11. The number of hydrogen-bond acceptors (Lipinski definition) is 3. The van der Waals surface area contributed by atoms with Gasteiger partial charge in [0.2, 0.25) is 0 Å². The van der Waals surface area contributed by atoms with Crippen molar-refractivity contribution in [3.05, 3.63) is 83.9 Å². The Morgan fingerprint density at radius 1 is 1.07 bits per heavy atom. The predicted molar refractivity (Wildman–Crippen MR) is 105 cm³/mol. The minimum Gasteiger partial charge on any atom is -0.461 e. The van der Waals surface area contributed by atoms with Gasteiger partial charge < -0.3 is 9.32 Å². The van der Waals surface area contributed by atoms with E-state index in [9.17, 15) is 4.79 Å². The van der Waals surface area contributed by atoms with Crippen molar-refractivity contribution in [2.75, 3.05) is 7.05 Å². The van der Waals surface area contributed by atoms with Crippen LogP contribution in [0.1, 0.15) is 28.7 Å². The van der Waals surface area contributed by atoms with Gasteiger partial charge in [0.05, 0.1) is 5.69 Å². The summed E-state index contributed by atoms with van der Waals surface area (Å²) in [5.41, 5.74) is 3.27. The molecule has 0 fully saturated rings. The van der Waals surface area contributed by atoms with Crippen LogP contribution < -0.4 is 0 Å². The molecule has 136 valence electrons. The Balaban J connectivity index is 1.58. The maximum absolute atomic E-state index is 12.9. The quantitative estimate of drug-likeness (QED) is 0.529. The van der Waals surface area contributed by atoms with Crippen LogP contribution >= 0.6 is 0 Å². The number of furan rings is 1. The standard InChI is InChI=1S/C22H21N3O2/c1-3-20-18(17-11-7-8-12-21(17)27-20)15-24(2)22(26)19-13-14-25(23-19)16-9-5-4-6-10-16/h4-14H,3,15H2,1-2H3. The van der Waals surface area contributed by atoms with Crippen LogP contribution in [-0.2, 0) is 13.0 Å². The number of nitrogens with zero attached hydrogens (tertiary/aromatic N) is 3. The number of amides is 1. The van der Waals surface area contributed by atoms with E-state index in [1.165, 1.54) is 0 Å². The molecule has 0 saturated heterocycles. The third kappa shape index (κ3) is 3.24. The minimum atomic E-state index is -0.114. The monoisotopic (exact) mass is 359 g/mol. The Labute approximate surface area is 157 Å². The third-order valence-electron chi connectivity index (χ3n) is 4.67. The lowest BCUT2D eigenvalue weighted by Gasteiger charge is -2.16. The molecule has 4 rings (SSSR count). The lowest BCUT2D eigenvalue weighted by atomic mass is 10.1. The van der Waals surface area contributed by atoms with E-state index >= 15 is 0 Å². The van der Waals surface area contributed by atoms with Crippen LogP contribution in [0, 0.1) is 0 Å². The fourth-order valence-electron chi connectivity index (χ4n) is 3.28. The molecule has 5 nitrogen and oxygen atoms in total. The van der Waals surface area contributed by atoms with E-state index in [4.69, 9.17) is 4.42 Å². The van der Waals surface area contributed by atoms with Gasteiger partial charge in [-0.2, -0.15) is 5.10 Å². The first-order valence-corrected chi connectivity index (χ1v) is 9.03. The summed E-state index contributed by atoms with van der Waals surface area (Å²) in [5.74, 6) is 0.808. The van der Waals surface area contributed by atoms with Gasteiger partial charge in [-0.1, -0.05) is 43.3 Å². The van der Waals surface area contributed by atoms with Gasteiger partial charge in [-0.15, -0.1) is 0 Å². The first kappa shape index (κ1) is 17.1. The van der Waals surface area contributed by atoms with Gasteiger partial charge in [0.15, 0.2) is 5.69 Å². The molecule has 2 heterocycles. The highest BCUT2D eigenvalue weighted by atomic mass is 16.3. The van der Waals surface area contributed by atoms with E-state index in [1.807, 2.05) is 54.6 Å². The Bertz CT molecular complexity index is 1080. The largest absolute Gasteiger partial charge is 0.461 e. The number of rotatable bonds is 5. The molecule has 0 atom stereocenters. The van der Waals surface area contributed by atoms with Crippen LogP contribution in [0.25, 0.3) is 16.7 Å². The van der Waals surface area contributed by atoms with E-state index < -0.39 is 0 Å². The predicted octanol–water partition coefficient (Wildman–Crippen LogP) is 4.45. The highest BCUT2D eigenvalue weighted by Crippen LogP contribution is 2.27. The number of aryl methyl sites for hydroxylation is 1. The topological polar surface area (TPSA) is 51.3 Å². The molecule has 2 aromatic carbocycles. The molecule has 0 saturated carbocycles. The van der Waals surface area contributed by atoms with Gasteiger partial charge in [0, 0.05) is 37.2 Å². The van der Waals surface area contributed by atoms with Crippen LogP contribution in [0.2, 0.25) is 0 Å². The van der Waals surface area contributed by atoms with Gasteiger partial charge >= 0.3 is 0 Å². The molecule has 0 spiro atoms. The summed E-state index contributed by atoms with van der Waals surface area (Å²) in [5, 5.41) is 5.50. The van der Waals surface area contributed by atoms with E-state index in [0.717, 1.165) is 34.4 Å². The van der Waals surface area contributed by atoms with Gasteiger partial charge in [0.1, 0.15) is 11.3 Å². The first-order valence-electron chi connectivity index (χ1n) is 9.03. The summed E-state index contributed by atoms with van der Waals surface area (Å²) in [6, 6.07) is 19.4. The fourth-order valence-corrected chi connectivity index (χ4v) is 3.28. The molecule has 0 bridgehead atoms. The summed E-state index contributed by atoms with van der Waals surface area (Å²) in [7, 11) is 1.80. The first-order chi connectivity index (χ1) is 13.2. The molecular weight excluding hydrogens is 338 g/mol. The number of hydrogen-bond donors (Lipinski definition) is 0. The van der Waals surface area contributed by atoms with Gasteiger partial charge in [0.25, 0.3) is 5.91 Å². The maximum Gasteiger partial charge on any atom is 0.274 e. The molecule has 0 radical (unpaired) electrons. The maximum atomic E-state index is 12.9. The molecule has 0 aliphatic heterocycles. The molecule has 2 aromatic heterocycles. The van der Waals surface area contributed by atoms with Crippen molar-refractivity contribution in [2.45, 2.75) is 19.9 Å². The second-order valence-electron chi connectivity index (χ2n) is 6.50. The second-order valence-corrected chi connectivity index (χ2v) is 6.50. The van der Waals surface area contributed by atoms with Crippen LogP contribution in [0.5, 0.6) is 0 Å². The molecule has 5 heteroatoms. The van der Waals surface area contributed by atoms with Crippen molar-refractivity contribution in [1.82, 2.24) is 14.7 Å². The van der Waals surface area contributed by atoms with Crippen LogP contribution in [0.3, 0.4) is 0 Å². The van der Waals surface area contributed by atoms with Crippen LogP contribution in [0.4, 0.5) is 0 Å². The molecule has 1 amide bonds. The van der Waals surface area contributed by atoms with Crippen molar-refractivity contribution in [3.8, 4) is 5.69 Å². The molecule has 4 aromatic rings. The summed E-state index contributed by atoms with van der Waals surface area (Å²) in [4.78, 5) is 14.6. The molecular formula is C22H21N3O2. The number of carbonyl (C=O) groups excluding carboxylic acids is 1. The van der Waals surface area contributed by atoms with E-state index in [0.29, 0.717) is 12.2 Å². The summed E-state index contributed by atoms with van der Waals surface area (Å²) in [6.45, 7) is 2.54. The van der Waals surface area contributed by atoms with E-state index in [1.54, 1.807) is 28.9 Å². The number of fused-ring (bicyclic) bond motifs is 1. The molecule has 27 heavy (non-hydrogen) atoms. The zero-order valence-electron chi connectivity index (χ0n) is 15.4. The normalized spacial score (nSPS) is 11.0. The Morgan fingerprint density at radius 2 is 1.81 bits per heavy atom. The summed E-state index contributed by atoms with van der Waals surface area (Å²) < 4.78 is 7.65.